The Morgan fingerprint density at radius 3 is 3.06 bits per heavy atom. The molecule has 0 saturated carbocycles. The average Bonchev–Trinajstić information content (AvgIpc) is 2.77. The Kier molecular flexibility index (Phi) is 2.29. The summed E-state index contributed by atoms with van der Waals surface area (Å²) in [5, 5.41) is 6.45. The zero-order chi connectivity index (χ0) is 12.7. The number of imide groups is 1. The van der Waals surface area contributed by atoms with Gasteiger partial charge in [0.15, 0.2) is 0 Å². The van der Waals surface area contributed by atoms with Gasteiger partial charge < -0.3 is 5.73 Å². The summed E-state index contributed by atoms with van der Waals surface area (Å²) in [7, 11) is 0. The molecule has 18 heavy (non-hydrogen) atoms. The molecule has 1 saturated heterocycles. The molecule has 0 aromatic carbocycles. The fourth-order valence-corrected chi connectivity index (χ4v) is 2.28. The van der Waals surface area contributed by atoms with Crippen LogP contribution in [0.2, 0.25) is 0 Å². The van der Waals surface area contributed by atoms with Gasteiger partial charge >= 0.3 is 0 Å². The van der Waals surface area contributed by atoms with E-state index < -0.39 is 0 Å². The van der Waals surface area contributed by atoms with E-state index in [1.807, 2.05) is 6.07 Å². The molecule has 0 spiro atoms. The lowest BCUT2D eigenvalue weighted by Crippen LogP contribution is -2.39. The number of rotatable bonds is 1. The second-order valence-corrected chi connectivity index (χ2v) is 4.39. The van der Waals surface area contributed by atoms with Crippen LogP contribution in [0.4, 0.5) is 5.69 Å². The van der Waals surface area contributed by atoms with E-state index in [-0.39, 0.29) is 17.7 Å². The summed E-state index contributed by atoms with van der Waals surface area (Å²) >= 11 is 0. The van der Waals surface area contributed by atoms with Crippen molar-refractivity contribution in [1.29, 1.82) is 0 Å². The number of nitrogen functional groups attached to an aromatic ring is 1. The third kappa shape index (κ3) is 1.62. The van der Waals surface area contributed by atoms with Crippen LogP contribution in [0.1, 0.15) is 24.3 Å². The lowest BCUT2D eigenvalue weighted by molar-refractivity contribution is -0.134. The van der Waals surface area contributed by atoms with Gasteiger partial charge in [0.05, 0.1) is 23.3 Å². The van der Waals surface area contributed by atoms with Crippen LogP contribution in [0.5, 0.6) is 0 Å². The Morgan fingerprint density at radius 2 is 2.28 bits per heavy atom. The van der Waals surface area contributed by atoms with E-state index in [0.717, 1.165) is 11.1 Å². The number of piperidine rings is 1. The van der Waals surface area contributed by atoms with Crippen LogP contribution in [-0.2, 0) is 9.59 Å². The zero-order valence-corrected chi connectivity index (χ0v) is 9.59. The topological polar surface area (TPSA) is 89.5 Å². The lowest BCUT2D eigenvalue weighted by atomic mass is 9.91. The van der Waals surface area contributed by atoms with E-state index in [2.05, 4.69) is 10.4 Å². The van der Waals surface area contributed by atoms with Crippen molar-refractivity contribution in [2.24, 2.45) is 0 Å². The van der Waals surface area contributed by atoms with E-state index in [0.29, 0.717) is 18.5 Å². The molecule has 1 atom stereocenters. The molecule has 6 nitrogen and oxygen atoms in total. The van der Waals surface area contributed by atoms with Gasteiger partial charge in [-0.25, -0.2) is 4.52 Å². The molecule has 3 rings (SSSR count). The van der Waals surface area contributed by atoms with Gasteiger partial charge in [0, 0.05) is 12.6 Å². The minimum atomic E-state index is -0.335. The normalized spacial score (nSPS) is 20.1. The first kappa shape index (κ1) is 10.8. The maximum Gasteiger partial charge on any atom is 0.234 e. The smallest absolute Gasteiger partial charge is 0.234 e. The number of amides is 2. The molecule has 1 aliphatic heterocycles. The van der Waals surface area contributed by atoms with Crippen LogP contribution in [0.25, 0.3) is 5.52 Å². The molecule has 0 bridgehead atoms. The second-order valence-electron chi connectivity index (χ2n) is 4.39. The van der Waals surface area contributed by atoms with Gasteiger partial charge in [-0.3, -0.25) is 14.9 Å². The molecule has 3 N–H and O–H groups in total. The van der Waals surface area contributed by atoms with Crippen molar-refractivity contribution < 1.29 is 9.59 Å². The first-order valence-electron chi connectivity index (χ1n) is 5.71. The van der Waals surface area contributed by atoms with Crippen molar-refractivity contribution in [2.75, 3.05) is 5.73 Å². The zero-order valence-electron chi connectivity index (χ0n) is 9.59. The SMILES string of the molecule is Nc1cc(C2CCC(=O)NC2=O)cn2nccc12. The molecule has 6 heteroatoms. The third-order valence-corrected chi connectivity index (χ3v) is 3.20. The number of carbonyl (C=O) groups excluding carboxylic acids is 2. The fraction of sp³-hybridized carbons (Fsp3) is 0.250. The fourth-order valence-electron chi connectivity index (χ4n) is 2.28. The Balaban J connectivity index is 2.03. The van der Waals surface area contributed by atoms with Crippen LogP contribution < -0.4 is 11.1 Å². The number of nitrogens with zero attached hydrogens (tertiary/aromatic N) is 2. The number of carbonyl (C=O) groups is 2. The van der Waals surface area contributed by atoms with Gasteiger partial charge in [0.2, 0.25) is 11.8 Å². The van der Waals surface area contributed by atoms with Crippen LogP contribution in [0.15, 0.2) is 24.5 Å². The monoisotopic (exact) mass is 244 g/mol. The maximum absolute atomic E-state index is 11.8. The molecule has 1 fully saturated rings. The predicted molar refractivity (Wildman–Crippen MR) is 64.7 cm³/mol. The number of fused-ring (bicyclic) bond motifs is 1. The van der Waals surface area contributed by atoms with Gasteiger partial charge in [-0.05, 0) is 24.1 Å². The summed E-state index contributed by atoms with van der Waals surface area (Å²) in [5.74, 6) is -0.819. The van der Waals surface area contributed by atoms with Crippen molar-refractivity contribution in [2.45, 2.75) is 18.8 Å². The highest BCUT2D eigenvalue weighted by molar-refractivity contribution is 6.01. The standard InChI is InChI=1S/C12H12N4O2/c13-9-5-7(6-16-10(9)3-4-14-16)8-1-2-11(17)15-12(8)18/h3-6,8H,1-2,13H2,(H,15,17,18). The highest BCUT2D eigenvalue weighted by atomic mass is 16.2. The number of nitrogens with one attached hydrogen (secondary N) is 1. The van der Waals surface area contributed by atoms with E-state index in [4.69, 9.17) is 5.73 Å². The second kappa shape index (κ2) is 3.83. The molecular formula is C12H12N4O2. The Hall–Kier alpha value is -2.37. The quantitative estimate of drug-likeness (QED) is 0.712. The van der Waals surface area contributed by atoms with Crippen LogP contribution in [0.3, 0.4) is 0 Å². The Morgan fingerprint density at radius 1 is 1.44 bits per heavy atom. The third-order valence-electron chi connectivity index (χ3n) is 3.20. The number of aromatic nitrogens is 2. The van der Waals surface area contributed by atoms with Crippen molar-refractivity contribution in [1.82, 2.24) is 14.9 Å². The number of hydrogen-bond acceptors (Lipinski definition) is 4. The summed E-state index contributed by atoms with van der Waals surface area (Å²) in [6.07, 6.45) is 4.30. The van der Waals surface area contributed by atoms with Crippen LogP contribution in [0, 0.1) is 0 Å². The highest BCUT2D eigenvalue weighted by Gasteiger charge is 2.28. The number of hydrogen-bond donors (Lipinski definition) is 2. The van der Waals surface area contributed by atoms with Crippen LogP contribution >= 0.6 is 0 Å². The van der Waals surface area contributed by atoms with Crippen molar-refractivity contribution in [3.63, 3.8) is 0 Å². The molecule has 1 unspecified atom stereocenters. The molecule has 0 radical (unpaired) electrons. The van der Waals surface area contributed by atoms with Gasteiger partial charge in [-0.15, -0.1) is 0 Å². The largest absolute Gasteiger partial charge is 0.397 e. The molecular weight excluding hydrogens is 232 g/mol. The maximum atomic E-state index is 11.8. The Bertz CT molecular complexity index is 647. The first-order valence-corrected chi connectivity index (χ1v) is 5.71. The van der Waals surface area contributed by atoms with E-state index in [9.17, 15) is 9.59 Å². The molecule has 2 aromatic rings. The molecule has 0 aliphatic carbocycles. The van der Waals surface area contributed by atoms with Crippen molar-refractivity contribution in [3.8, 4) is 0 Å². The minimum absolute atomic E-state index is 0.218. The van der Waals surface area contributed by atoms with E-state index >= 15 is 0 Å². The van der Waals surface area contributed by atoms with Gasteiger partial charge in [-0.2, -0.15) is 5.10 Å². The number of nitrogens with two attached hydrogens (primary N) is 1. The van der Waals surface area contributed by atoms with Gasteiger partial charge in [0.25, 0.3) is 0 Å². The summed E-state index contributed by atoms with van der Waals surface area (Å²) < 4.78 is 1.65. The summed E-state index contributed by atoms with van der Waals surface area (Å²) in [5.41, 5.74) is 8.10. The molecule has 1 aliphatic rings. The van der Waals surface area contributed by atoms with E-state index in [1.54, 1.807) is 23.0 Å². The lowest BCUT2D eigenvalue weighted by Gasteiger charge is -2.21. The summed E-state index contributed by atoms with van der Waals surface area (Å²) in [4.78, 5) is 22.9. The minimum Gasteiger partial charge on any atom is -0.397 e. The molecule has 2 aromatic heterocycles. The van der Waals surface area contributed by atoms with E-state index in [1.165, 1.54) is 0 Å². The number of anilines is 1. The highest BCUT2D eigenvalue weighted by Crippen LogP contribution is 2.27. The Labute approximate surface area is 103 Å². The van der Waals surface area contributed by atoms with Crippen molar-refractivity contribution in [3.05, 3.63) is 30.1 Å². The summed E-state index contributed by atoms with van der Waals surface area (Å²) in [6.45, 7) is 0. The first-order chi connectivity index (χ1) is 8.65. The predicted octanol–water partition coefficient (Wildman–Crippen LogP) is 0.437. The van der Waals surface area contributed by atoms with Crippen LogP contribution in [-0.4, -0.2) is 21.4 Å². The van der Waals surface area contributed by atoms with Gasteiger partial charge in [-0.1, -0.05) is 0 Å². The number of pyridine rings is 1. The average molecular weight is 244 g/mol. The molecule has 3 heterocycles. The van der Waals surface area contributed by atoms with Crippen molar-refractivity contribution >= 4 is 23.0 Å². The molecule has 92 valence electrons. The van der Waals surface area contributed by atoms with Gasteiger partial charge in [0.1, 0.15) is 0 Å². The summed E-state index contributed by atoms with van der Waals surface area (Å²) in [6, 6.07) is 3.58. The molecule has 2 amide bonds.